The fourth-order valence-electron chi connectivity index (χ4n) is 2.56. The minimum Gasteiger partial charge on any atom is -0.334 e. The molecule has 0 unspecified atom stereocenters. The molecule has 1 aromatic rings. The fourth-order valence-corrected chi connectivity index (χ4v) is 4.29. The number of carbonyl (C=O) groups is 1. The van der Waals surface area contributed by atoms with Gasteiger partial charge in [-0.15, -0.1) is 0 Å². The van der Waals surface area contributed by atoms with Gasteiger partial charge < -0.3 is 4.90 Å². The van der Waals surface area contributed by atoms with Crippen molar-refractivity contribution in [2.24, 2.45) is 5.92 Å². The Morgan fingerprint density at radius 3 is 2.45 bits per heavy atom. The number of nitrogens with zero attached hydrogens (tertiary/aromatic N) is 1. The van der Waals surface area contributed by atoms with Gasteiger partial charge in [0.25, 0.3) is 5.91 Å². The predicted octanol–water partition coefficient (Wildman–Crippen LogP) is 1.97. The maximum absolute atomic E-state index is 12.6. The first-order valence-electron chi connectivity index (χ1n) is 6.95. The first-order chi connectivity index (χ1) is 9.39. The van der Waals surface area contributed by atoms with Crippen molar-refractivity contribution in [1.82, 2.24) is 4.90 Å². The smallest absolute Gasteiger partial charge is 0.254 e. The number of hydrogen-bond acceptors (Lipinski definition) is 3. The Balaban J connectivity index is 2.22. The van der Waals surface area contributed by atoms with Crippen molar-refractivity contribution in [2.75, 3.05) is 18.1 Å². The van der Waals surface area contributed by atoms with Crippen molar-refractivity contribution in [2.45, 2.75) is 26.3 Å². The molecule has 1 heterocycles. The van der Waals surface area contributed by atoms with Crippen LogP contribution in [0.3, 0.4) is 0 Å². The average Bonchev–Trinajstić information content (AvgIpc) is 2.76. The molecule has 1 saturated heterocycles. The fraction of sp³-hybridized carbons (Fsp3) is 0.533. The van der Waals surface area contributed by atoms with E-state index >= 15 is 0 Å². The van der Waals surface area contributed by atoms with Gasteiger partial charge in [0.2, 0.25) is 0 Å². The van der Waals surface area contributed by atoms with Crippen LogP contribution in [-0.4, -0.2) is 43.3 Å². The van der Waals surface area contributed by atoms with Crippen LogP contribution in [0.5, 0.6) is 0 Å². The normalized spacial score (nSPS) is 21.1. The molecule has 0 N–H and O–H groups in total. The highest BCUT2D eigenvalue weighted by molar-refractivity contribution is 7.91. The largest absolute Gasteiger partial charge is 0.334 e. The number of carbonyl (C=O) groups excluding carboxylic acids is 1. The summed E-state index contributed by atoms with van der Waals surface area (Å²) in [6, 6.07) is 8.88. The zero-order chi connectivity index (χ0) is 14.8. The van der Waals surface area contributed by atoms with Crippen molar-refractivity contribution in [1.29, 1.82) is 0 Å². The highest BCUT2D eigenvalue weighted by Crippen LogP contribution is 2.21. The van der Waals surface area contributed by atoms with E-state index in [1.165, 1.54) is 0 Å². The van der Waals surface area contributed by atoms with Gasteiger partial charge in [-0.25, -0.2) is 8.42 Å². The summed E-state index contributed by atoms with van der Waals surface area (Å²) >= 11 is 0. The maximum atomic E-state index is 12.6. The SMILES string of the molecule is CC(C)CN(C(=O)c1ccccc1)[C@@H]1CCS(=O)(=O)C1. The summed E-state index contributed by atoms with van der Waals surface area (Å²) < 4.78 is 23.3. The zero-order valence-corrected chi connectivity index (χ0v) is 12.8. The number of amides is 1. The van der Waals surface area contributed by atoms with Crippen molar-refractivity contribution >= 4 is 15.7 Å². The molecule has 0 radical (unpaired) electrons. The molecule has 1 atom stereocenters. The van der Waals surface area contributed by atoms with Crippen molar-refractivity contribution in [3.63, 3.8) is 0 Å². The monoisotopic (exact) mass is 295 g/mol. The van der Waals surface area contributed by atoms with Gasteiger partial charge in [-0.2, -0.15) is 0 Å². The van der Waals surface area contributed by atoms with Gasteiger partial charge in [0, 0.05) is 18.2 Å². The van der Waals surface area contributed by atoms with Gasteiger partial charge in [0.05, 0.1) is 11.5 Å². The van der Waals surface area contributed by atoms with Crippen LogP contribution < -0.4 is 0 Å². The van der Waals surface area contributed by atoms with E-state index in [0.29, 0.717) is 24.4 Å². The third kappa shape index (κ3) is 3.60. The van der Waals surface area contributed by atoms with E-state index in [2.05, 4.69) is 0 Å². The lowest BCUT2D eigenvalue weighted by atomic mass is 10.1. The van der Waals surface area contributed by atoms with Gasteiger partial charge in [0.1, 0.15) is 0 Å². The molecule has 1 amide bonds. The van der Waals surface area contributed by atoms with Gasteiger partial charge >= 0.3 is 0 Å². The molecule has 0 aromatic heterocycles. The van der Waals surface area contributed by atoms with E-state index in [-0.39, 0.29) is 23.5 Å². The van der Waals surface area contributed by atoms with Crippen LogP contribution in [0, 0.1) is 5.92 Å². The summed E-state index contributed by atoms with van der Waals surface area (Å²) in [4.78, 5) is 14.4. The molecule has 5 heteroatoms. The first-order valence-corrected chi connectivity index (χ1v) is 8.77. The average molecular weight is 295 g/mol. The summed E-state index contributed by atoms with van der Waals surface area (Å²) in [7, 11) is -2.99. The van der Waals surface area contributed by atoms with Crippen LogP contribution >= 0.6 is 0 Å². The van der Waals surface area contributed by atoms with E-state index < -0.39 is 9.84 Å². The topological polar surface area (TPSA) is 54.5 Å². The standard InChI is InChI=1S/C15H21NO3S/c1-12(2)10-16(14-8-9-20(18,19)11-14)15(17)13-6-4-3-5-7-13/h3-7,12,14H,8-11H2,1-2H3/t14-/m1/s1. The third-order valence-electron chi connectivity index (χ3n) is 3.49. The number of sulfone groups is 1. The Kier molecular flexibility index (Phi) is 4.48. The molecule has 0 spiro atoms. The van der Waals surface area contributed by atoms with Crippen molar-refractivity contribution < 1.29 is 13.2 Å². The van der Waals surface area contributed by atoms with Crippen LogP contribution in [0.25, 0.3) is 0 Å². The van der Waals surface area contributed by atoms with E-state index in [9.17, 15) is 13.2 Å². The lowest BCUT2D eigenvalue weighted by Crippen LogP contribution is -2.43. The molecule has 0 bridgehead atoms. The maximum Gasteiger partial charge on any atom is 0.254 e. The molecule has 1 aromatic carbocycles. The lowest BCUT2D eigenvalue weighted by molar-refractivity contribution is 0.0672. The van der Waals surface area contributed by atoms with E-state index in [0.717, 1.165) is 0 Å². The summed E-state index contributed by atoms with van der Waals surface area (Å²) in [5.74, 6) is 0.527. The summed E-state index contributed by atoms with van der Waals surface area (Å²) in [6.45, 7) is 4.66. The predicted molar refractivity (Wildman–Crippen MR) is 79.4 cm³/mol. The lowest BCUT2D eigenvalue weighted by Gasteiger charge is -2.30. The minimum atomic E-state index is -2.99. The number of benzene rings is 1. The molecule has 1 aliphatic heterocycles. The van der Waals surface area contributed by atoms with Crippen molar-refractivity contribution in [3.8, 4) is 0 Å². The molecule has 0 saturated carbocycles. The van der Waals surface area contributed by atoms with Crippen molar-refractivity contribution in [3.05, 3.63) is 35.9 Å². The molecule has 0 aliphatic carbocycles. The Morgan fingerprint density at radius 2 is 1.95 bits per heavy atom. The molecular formula is C15H21NO3S. The van der Waals surface area contributed by atoms with E-state index in [1.54, 1.807) is 17.0 Å². The van der Waals surface area contributed by atoms with Gasteiger partial charge in [-0.05, 0) is 24.5 Å². The second-order valence-electron chi connectivity index (χ2n) is 5.77. The number of rotatable bonds is 4. The Morgan fingerprint density at radius 1 is 1.30 bits per heavy atom. The van der Waals surface area contributed by atoms with Crippen LogP contribution in [0.4, 0.5) is 0 Å². The molecular weight excluding hydrogens is 274 g/mol. The van der Waals surface area contributed by atoms with Gasteiger partial charge in [0.15, 0.2) is 9.84 Å². The zero-order valence-electron chi connectivity index (χ0n) is 12.0. The molecule has 20 heavy (non-hydrogen) atoms. The quantitative estimate of drug-likeness (QED) is 0.853. The Labute approximate surface area is 120 Å². The summed E-state index contributed by atoms with van der Waals surface area (Å²) in [5, 5.41) is 0. The molecule has 110 valence electrons. The Hall–Kier alpha value is -1.36. The minimum absolute atomic E-state index is 0.0681. The third-order valence-corrected chi connectivity index (χ3v) is 5.24. The van der Waals surface area contributed by atoms with Crippen LogP contribution in [-0.2, 0) is 9.84 Å². The first kappa shape index (κ1) is 15.0. The van der Waals surface area contributed by atoms with Crippen LogP contribution in [0.15, 0.2) is 30.3 Å². The van der Waals surface area contributed by atoms with Gasteiger partial charge in [-0.3, -0.25) is 4.79 Å². The highest BCUT2D eigenvalue weighted by Gasteiger charge is 2.35. The van der Waals surface area contributed by atoms with E-state index in [1.807, 2.05) is 32.0 Å². The highest BCUT2D eigenvalue weighted by atomic mass is 32.2. The molecule has 1 fully saturated rings. The number of hydrogen-bond donors (Lipinski definition) is 0. The Bertz CT molecular complexity index is 566. The van der Waals surface area contributed by atoms with Gasteiger partial charge in [-0.1, -0.05) is 32.0 Å². The van der Waals surface area contributed by atoms with E-state index in [4.69, 9.17) is 0 Å². The molecule has 1 aliphatic rings. The van der Waals surface area contributed by atoms with Crippen LogP contribution in [0.1, 0.15) is 30.6 Å². The molecule has 2 rings (SSSR count). The van der Waals surface area contributed by atoms with Crippen LogP contribution in [0.2, 0.25) is 0 Å². The summed E-state index contributed by atoms with van der Waals surface area (Å²) in [5.41, 5.74) is 0.623. The second kappa shape index (κ2) is 5.95. The molecule has 4 nitrogen and oxygen atoms in total. The second-order valence-corrected chi connectivity index (χ2v) is 8.00. The summed E-state index contributed by atoms with van der Waals surface area (Å²) in [6.07, 6.45) is 0.549.